The molecule has 5 nitrogen and oxygen atoms in total. The van der Waals surface area contributed by atoms with Gasteiger partial charge in [-0.05, 0) is 54.4 Å². The molecule has 0 saturated carbocycles. The van der Waals surface area contributed by atoms with Crippen LogP contribution in [0.1, 0.15) is 16.1 Å². The molecular formula is C21H20ClN3O2. The molecule has 0 bridgehead atoms. The van der Waals surface area contributed by atoms with Gasteiger partial charge in [0.25, 0.3) is 5.91 Å². The molecule has 0 atom stereocenters. The second-order valence-electron chi connectivity index (χ2n) is 5.92. The molecule has 0 aliphatic heterocycles. The van der Waals surface area contributed by atoms with Gasteiger partial charge in [0.05, 0.1) is 7.11 Å². The summed E-state index contributed by atoms with van der Waals surface area (Å²) in [6, 6.07) is 18.7. The Labute approximate surface area is 163 Å². The van der Waals surface area contributed by atoms with Gasteiger partial charge in [-0.25, -0.2) is 0 Å². The van der Waals surface area contributed by atoms with E-state index in [9.17, 15) is 4.79 Å². The Kier molecular flexibility index (Phi) is 6.28. The summed E-state index contributed by atoms with van der Waals surface area (Å²) in [5.41, 5.74) is 3.10. The summed E-state index contributed by atoms with van der Waals surface area (Å²) in [5.74, 6) is 0.606. The number of amides is 1. The number of aromatic nitrogens is 1. The van der Waals surface area contributed by atoms with Crippen molar-refractivity contribution in [2.75, 3.05) is 19.0 Å². The average molecular weight is 382 g/mol. The minimum Gasteiger partial charge on any atom is -0.497 e. The van der Waals surface area contributed by atoms with Gasteiger partial charge in [-0.15, -0.1) is 0 Å². The van der Waals surface area contributed by atoms with Crippen molar-refractivity contribution in [2.24, 2.45) is 0 Å². The lowest BCUT2D eigenvalue weighted by atomic mass is 10.1. The van der Waals surface area contributed by atoms with Crippen LogP contribution >= 0.6 is 11.6 Å². The number of halogens is 1. The molecule has 3 rings (SSSR count). The molecule has 2 N–H and O–H groups in total. The van der Waals surface area contributed by atoms with E-state index >= 15 is 0 Å². The van der Waals surface area contributed by atoms with Gasteiger partial charge < -0.3 is 15.4 Å². The third-order valence-corrected chi connectivity index (χ3v) is 4.20. The summed E-state index contributed by atoms with van der Waals surface area (Å²) in [5, 5.41) is 6.76. The quantitative estimate of drug-likeness (QED) is 0.634. The Morgan fingerprint density at radius 2 is 1.85 bits per heavy atom. The Bertz CT molecular complexity index is 913. The number of hydrogen-bond acceptors (Lipinski definition) is 4. The molecule has 0 spiro atoms. The van der Waals surface area contributed by atoms with Crippen molar-refractivity contribution in [1.82, 2.24) is 10.3 Å². The van der Waals surface area contributed by atoms with Gasteiger partial charge in [-0.1, -0.05) is 29.8 Å². The predicted molar refractivity (Wildman–Crippen MR) is 108 cm³/mol. The van der Waals surface area contributed by atoms with Gasteiger partial charge in [-0.3, -0.25) is 9.78 Å². The van der Waals surface area contributed by atoms with Crippen LogP contribution in [0.2, 0.25) is 5.02 Å². The first-order valence-corrected chi connectivity index (χ1v) is 8.91. The first kappa shape index (κ1) is 18.7. The first-order chi connectivity index (χ1) is 13.1. The minimum atomic E-state index is -0.210. The largest absolute Gasteiger partial charge is 0.497 e. The number of anilines is 2. The van der Waals surface area contributed by atoms with E-state index in [1.165, 1.54) is 0 Å². The monoisotopic (exact) mass is 381 g/mol. The Morgan fingerprint density at radius 3 is 2.59 bits per heavy atom. The summed E-state index contributed by atoms with van der Waals surface area (Å²) in [4.78, 5) is 16.5. The fourth-order valence-electron chi connectivity index (χ4n) is 2.57. The first-order valence-electron chi connectivity index (χ1n) is 8.54. The van der Waals surface area contributed by atoms with Crippen molar-refractivity contribution in [1.29, 1.82) is 0 Å². The van der Waals surface area contributed by atoms with Crippen LogP contribution in [-0.4, -0.2) is 24.5 Å². The van der Waals surface area contributed by atoms with Crippen LogP contribution in [0, 0.1) is 0 Å². The van der Waals surface area contributed by atoms with E-state index in [2.05, 4.69) is 15.6 Å². The highest BCUT2D eigenvalue weighted by atomic mass is 35.5. The lowest BCUT2D eigenvalue weighted by Gasteiger charge is -2.09. The van der Waals surface area contributed by atoms with E-state index in [0.717, 1.165) is 29.1 Å². The van der Waals surface area contributed by atoms with E-state index in [0.29, 0.717) is 17.3 Å². The summed E-state index contributed by atoms with van der Waals surface area (Å²) < 4.78 is 5.14. The maximum absolute atomic E-state index is 12.4. The molecule has 27 heavy (non-hydrogen) atoms. The smallest absolute Gasteiger partial charge is 0.269 e. The van der Waals surface area contributed by atoms with Crippen molar-refractivity contribution in [2.45, 2.75) is 6.42 Å². The number of ether oxygens (including phenoxy) is 1. The molecule has 1 amide bonds. The zero-order valence-corrected chi connectivity index (χ0v) is 15.7. The second-order valence-corrected chi connectivity index (χ2v) is 6.36. The Hall–Kier alpha value is -3.05. The van der Waals surface area contributed by atoms with E-state index in [4.69, 9.17) is 16.3 Å². The summed E-state index contributed by atoms with van der Waals surface area (Å²) in [7, 11) is 1.64. The lowest BCUT2D eigenvalue weighted by Crippen LogP contribution is -2.26. The molecule has 0 aliphatic rings. The van der Waals surface area contributed by atoms with Crippen LogP contribution in [0.4, 0.5) is 11.4 Å². The van der Waals surface area contributed by atoms with E-state index in [1.807, 2.05) is 42.5 Å². The van der Waals surface area contributed by atoms with Gasteiger partial charge in [-0.2, -0.15) is 0 Å². The third-order valence-electron chi connectivity index (χ3n) is 3.96. The van der Waals surface area contributed by atoms with Gasteiger partial charge in [0.2, 0.25) is 0 Å². The van der Waals surface area contributed by atoms with Crippen molar-refractivity contribution >= 4 is 28.9 Å². The molecule has 138 valence electrons. The number of methoxy groups -OCH3 is 1. The molecular weight excluding hydrogens is 362 g/mol. The molecule has 0 unspecified atom stereocenters. The highest BCUT2D eigenvalue weighted by Crippen LogP contribution is 2.20. The van der Waals surface area contributed by atoms with Crippen LogP contribution in [0.5, 0.6) is 5.75 Å². The number of carbonyl (C=O) groups is 1. The van der Waals surface area contributed by atoms with Crippen molar-refractivity contribution in [3.05, 3.63) is 83.1 Å². The SMILES string of the molecule is COc1ccc(CCNC(=O)c2cc(Nc3cccc(Cl)c3)ccn2)cc1. The second kappa shape index (κ2) is 9.05. The number of carbonyl (C=O) groups excluding carboxylic acids is 1. The number of rotatable bonds is 7. The molecule has 3 aromatic rings. The summed E-state index contributed by atoms with van der Waals surface area (Å²) >= 11 is 5.99. The van der Waals surface area contributed by atoms with Crippen LogP contribution in [0.3, 0.4) is 0 Å². The highest BCUT2D eigenvalue weighted by Gasteiger charge is 2.08. The predicted octanol–water partition coefficient (Wildman–Crippen LogP) is 4.46. The van der Waals surface area contributed by atoms with Gasteiger partial charge in [0.1, 0.15) is 11.4 Å². The number of pyridine rings is 1. The zero-order chi connectivity index (χ0) is 19.1. The molecule has 6 heteroatoms. The number of benzene rings is 2. The normalized spacial score (nSPS) is 10.3. The van der Waals surface area contributed by atoms with Crippen molar-refractivity contribution < 1.29 is 9.53 Å². The van der Waals surface area contributed by atoms with Crippen LogP contribution in [0.15, 0.2) is 66.9 Å². The van der Waals surface area contributed by atoms with Gasteiger partial charge in [0, 0.05) is 29.1 Å². The van der Waals surface area contributed by atoms with Crippen molar-refractivity contribution in [3.8, 4) is 5.75 Å². The lowest BCUT2D eigenvalue weighted by molar-refractivity contribution is 0.0949. The fourth-order valence-corrected chi connectivity index (χ4v) is 2.76. The molecule has 1 heterocycles. The van der Waals surface area contributed by atoms with Crippen LogP contribution < -0.4 is 15.4 Å². The van der Waals surface area contributed by atoms with Crippen LogP contribution in [0.25, 0.3) is 0 Å². The zero-order valence-electron chi connectivity index (χ0n) is 14.9. The van der Waals surface area contributed by atoms with Gasteiger partial charge in [0.15, 0.2) is 0 Å². The molecule has 1 aromatic heterocycles. The summed E-state index contributed by atoms with van der Waals surface area (Å²) in [6.45, 7) is 0.527. The fraction of sp³-hybridized carbons (Fsp3) is 0.143. The third kappa shape index (κ3) is 5.46. The maximum Gasteiger partial charge on any atom is 0.269 e. The molecule has 0 saturated heterocycles. The van der Waals surface area contributed by atoms with Crippen molar-refractivity contribution in [3.63, 3.8) is 0 Å². The Morgan fingerprint density at radius 1 is 1.07 bits per heavy atom. The number of hydrogen-bond donors (Lipinski definition) is 2. The van der Waals surface area contributed by atoms with E-state index in [1.54, 1.807) is 31.5 Å². The highest BCUT2D eigenvalue weighted by molar-refractivity contribution is 6.30. The standard InChI is InChI=1S/C21H20ClN3O2/c1-27-19-7-5-15(6-8-19)9-11-24-21(26)20-14-18(10-12-23-20)25-17-4-2-3-16(22)13-17/h2-8,10,12-14H,9,11H2,1H3,(H,23,25)(H,24,26). The molecule has 0 aliphatic carbocycles. The molecule has 0 radical (unpaired) electrons. The van der Waals surface area contributed by atoms with Gasteiger partial charge >= 0.3 is 0 Å². The average Bonchev–Trinajstić information content (AvgIpc) is 2.69. The Balaban J connectivity index is 1.56. The topological polar surface area (TPSA) is 63.2 Å². The van der Waals surface area contributed by atoms with E-state index < -0.39 is 0 Å². The molecule has 2 aromatic carbocycles. The van der Waals surface area contributed by atoms with E-state index in [-0.39, 0.29) is 5.91 Å². The maximum atomic E-state index is 12.4. The van der Waals surface area contributed by atoms with Crippen LogP contribution in [-0.2, 0) is 6.42 Å². The summed E-state index contributed by atoms with van der Waals surface area (Å²) in [6.07, 6.45) is 2.33. The number of nitrogens with zero attached hydrogens (tertiary/aromatic N) is 1. The molecule has 0 fully saturated rings. The minimum absolute atomic E-state index is 0.210. The number of nitrogens with one attached hydrogen (secondary N) is 2.